The molecular weight excluding hydrogens is 424 g/mol. The van der Waals surface area contributed by atoms with Gasteiger partial charge >= 0.3 is 5.97 Å². The summed E-state index contributed by atoms with van der Waals surface area (Å²) in [5.74, 6) is -1.52. The number of amides is 1. The Labute approximate surface area is 143 Å². The summed E-state index contributed by atoms with van der Waals surface area (Å²) in [7, 11) is 1.21. The fourth-order valence-electron chi connectivity index (χ4n) is 1.40. The van der Waals surface area contributed by atoms with Crippen LogP contribution in [0.5, 0.6) is 0 Å². The minimum atomic E-state index is -0.636. The van der Waals surface area contributed by atoms with Crippen molar-refractivity contribution in [2.75, 3.05) is 7.11 Å². The number of esters is 1. The van der Waals surface area contributed by atoms with Crippen LogP contribution in [0.1, 0.15) is 5.56 Å². The molecule has 1 heterocycles. The van der Waals surface area contributed by atoms with Gasteiger partial charge in [0.25, 0.3) is 5.91 Å². The SMILES string of the molecule is COC(=O)/C=C1/S/C(=N\N=Cc2cc(I)ccc2F)NC1=O. The van der Waals surface area contributed by atoms with Crippen LogP contribution in [0.15, 0.2) is 39.4 Å². The lowest BCUT2D eigenvalue weighted by Crippen LogP contribution is -2.19. The Hall–Kier alpha value is -1.75. The van der Waals surface area contributed by atoms with E-state index in [1.54, 1.807) is 12.1 Å². The molecule has 1 saturated heterocycles. The summed E-state index contributed by atoms with van der Waals surface area (Å²) < 4.78 is 18.8. The van der Waals surface area contributed by atoms with Crippen LogP contribution < -0.4 is 5.32 Å². The van der Waals surface area contributed by atoms with E-state index in [0.29, 0.717) is 0 Å². The van der Waals surface area contributed by atoms with Crippen molar-refractivity contribution < 1.29 is 18.7 Å². The zero-order chi connectivity index (χ0) is 16.1. The minimum Gasteiger partial charge on any atom is -0.466 e. The number of carbonyl (C=O) groups is 2. The number of halogens is 2. The first-order valence-corrected chi connectivity index (χ1v) is 7.74. The second-order valence-electron chi connectivity index (χ2n) is 3.90. The van der Waals surface area contributed by atoms with E-state index in [1.807, 2.05) is 0 Å². The molecule has 114 valence electrons. The van der Waals surface area contributed by atoms with Crippen molar-refractivity contribution in [2.24, 2.45) is 10.2 Å². The topological polar surface area (TPSA) is 80.1 Å². The van der Waals surface area contributed by atoms with Gasteiger partial charge in [-0.3, -0.25) is 10.1 Å². The van der Waals surface area contributed by atoms with E-state index in [9.17, 15) is 14.0 Å². The molecule has 6 nitrogen and oxygen atoms in total. The van der Waals surface area contributed by atoms with Crippen molar-refractivity contribution in [1.29, 1.82) is 0 Å². The van der Waals surface area contributed by atoms with E-state index in [4.69, 9.17) is 0 Å². The number of amidine groups is 1. The largest absolute Gasteiger partial charge is 0.466 e. The zero-order valence-electron chi connectivity index (χ0n) is 11.2. The first kappa shape index (κ1) is 16.6. The molecule has 0 aliphatic carbocycles. The van der Waals surface area contributed by atoms with Crippen LogP contribution in [0.4, 0.5) is 4.39 Å². The molecule has 0 aromatic heterocycles. The molecule has 2 rings (SSSR count). The van der Waals surface area contributed by atoms with Crippen molar-refractivity contribution in [3.63, 3.8) is 0 Å². The van der Waals surface area contributed by atoms with Crippen molar-refractivity contribution >= 4 is 57.6 Å². The highest BCUT2D eigenvalue weighted by molar-refractivity contribution is 14.1. The third kappa shape index (κ3) is 4.37. The maximum atomic E-state index is 13.5. The predicted octanol–water partition coefficient (Wildman–Crippen LogP) is 2.04. The smallest absolute Gasteiger partial charge is 0.331 e. The molecule has 1 fully saturated rings. The van der Waals surface area contributed by atoms with Crippen LogP contribution in [0.2, 0.25) is 0 Å². The van der Waals surface area contributed by atoms with Gasteiger partial charge in [-0.05, 0) is 52.6 Å². The Bertz CT molecular complexity index is 718. The van der Waals surface area contributed by atoms with Gasteiger partial charge < -0.3 is 4.74 Å². The van der Waals surface area contributed by atoms with Crippen molar-refractivity contribution in [3.8, 4) is 0 Å². The number of carbonyl (C=O) groups excluding carboxylic acids is 2. The van der Waals surface area contributed by atoms with E-state index >= 15 is 0 Å². The summed E-state index contributed by atoms with van der Waals surface area (Å²) in [4.78, 5) is 22.8. The van der Waals surface area contributed by atoms with Gasteiger partial charge in [0.15, 0.2) is 5.17 Å². The van der Waals surface area contributed by atoms with E-state index in [-0.39, 0.29) is 15.6 Å². The molecule has 1 amide bonds. The standard InChI is InChI=1S/C13H9FIN3O3S/c1-21-11(19)5-10-12(20)17-13(22-10)18-16-6-7-4-8(15)2-3-9(7)14/h2-6H,1H3,(H,17,18,20)/b10-5+,16-6?. The number of benzene rings is 1. The van der Waals surface area contributed by atoms with E-state index < -0.39 is 17.7 Å². The van der Waals surface area contributed by atoms with Crippen molar-refractivity contribution in [3.05, 3.63) is 44.1 Å². The van der Waals surface area contributed by atoms with Gasteiger partial charge in [-0.1, -0.05) is 0 Å². The van der Waals surface area contributed by atoms with Gasteiger partial charge in [0.1, 0.15) is 5.82 Å². The fraction of sp³-hybridized carbons (Fsp3) is 0.0769. The summed E-state index contributed by atoms with van der Waals surface area (Å²) in [6.45, 7) is 0. The highest BCUT2D eigenvalue weighted by Crippen LogP contribution is 2.23. The first-order valence-electron chi connectivity index (χ1n) is 5.84. The van der Waals surface area contributed by atoms with Crippen LogP contribution in [0.25, 0.3) is 0 Å². The normalized spacial score (nSPS) is 18.2. The Morgan fingerprint density at radius 3 is 3.00 bits per heavy atom. The van der Waals surface area contributed by atoms with Gasteiger partial charge in [-0.25, -0.2) is 9.18 Å². The summed E-state index contributed by atoms with van der Waals surface area (Å²) in [6, 6.07) is 4.58. The molecule has 1 aromatic carbocycles. The molecule has 9 heteroatoms. The average Bonchev–Trinajstić information content (AvgIpc) is 2.82. The van der Waals surface area contributed by atoms with E-state index in [1.165, 1.54) is 19.4 Å². The van der Waals surface area contributed by atoms with Gasteiger partial charge in [0, 0.05) is 15.2 Å². The Balaban J connectivity index is 2.10. The molecule has 1 aromatic rings. The molecule has 0 saturated carbocycles. The van der Waals surface area contributed by atoms with Crippen LogP contribution in [-0.4, -0.2) is 30.4 Å². The Morgan fingerprint density at radius 1 is 1.50 bits per heavy atom. The number of thioether (sulfide) groups is 1. The first-order chi connectivity index (χ1) is 10.5. The lowest BCUT2D eigenvalue weighted by Gasteiger charge is -1.96. The maximum absolute atomic E-state index is 13.5. The second-order valence-corrected chi connectivity index (χ2v) is 6.18. The van der Waals surface area contributed by atoms with Gasteiger partial charge in [0.2, 0.25) is 0 Å². The van der Waals surface area contributed by atoms with Crippen molar-refractivity contribution in [1.82, 2.24) is 5.32 Å². The highest BCUT2D eigenvalue weighted by atomic mass is 127. The molecule has 0 unspecified atom stereocenters. The molecule has 0 bridgehead atoms. The number of methoxy groups -OCH3 is 1. The molecule has 1 aliphatic rings. The molecule has 22 heavy (non-hydrogen) atoms. The van der Waals surface area contributed by atoms with Gasteiger partial charge in [0.05, 0.1) is 18.2 Å². The second kappa shape index (κ2) is 7.49. The number of nitrogens with one attached hydrogen (secondary N) is 1. The zero-order valence-corrected chi connectivity index (χ0v) is 14.1. The third-order valence-corrected chi connectivity index (χ3v) is 3.98. The molecule has 1 N–H and O–H groups in total. The predicted molar refractivity (Wildman–Crippen MR) is 90.0 cm³/mol. The van der Waals surface area contributed by atoms with Crippen molar-refractivity contribution in [2.45, 2.75) is 0 Å². The fourth-order valence-corrected chi connectivity index (χ4v) is 2.65. The summed E-state index contributed by atoms with van der Waals surface area (Å²) in [5.41, 5.74) is 0.288. The quantitative estimate of drug-likeness (QED) is 0.260. The summed E-state index contributed by atoms with van der Waals surface area (Å²) >= 11 is 3.00. The summed E-state index contributed by atoms with van der Waals surface area (Å²) in [5, 5.41) is 10.1. The average molecular weight is 433 g/mol. The number of rotatable bonds is 3. The Morgan fingerprint density at radius 2 is 2.27 bits per heavy atom. The van der Waals surface area contributed by atoms with Crippen LogP contribution in [0.3, 0.4) is 0 Å². The molecule has 0 radical (unpaired) electrons. The molecule has 0 spiro atoms. The van der Waals surface area contributed by atoms with Crippen LogP contribution >= 0.6 is 34.4 Å². The number of hydrogen-bond donors (Lipinski definition) is 1. The lowest BCUT2D eigenvalue weighted by molar-refractivity contribution is -0.135. The van der Waals surface area contributed by atoms with Crippen LogP contribution in [-0.2, 0) is 14.3 Å². The Kier molecular flexibility index (Phi) is 5.66. The lowest BCUT2D eigenvalue weighted by atomic mass is 10.2. The van der Waals surface area contributed by atoms with Gasteiger partial charge in [-0.2, -0.15) is 5.10 Å². The number of nitrogens with zero attached hydrogens (tertiary/aromatic N) is 2. The maximum Gasteiger partial charge on any atom is 0.331 e. The number of ether oxygens (including phenoxy) is 1. The molecule has 1 aliphatic heterocycles. The molecular formula is C13H9FIN3O3S. The van der Waals surface area contributed by atoms with Gasteiger partial charge in [-0.15, -0.1) is 5.10 Å². The van der Waals surface area contributed by atoms with E-state index in [0.717, 1.165) is 21.4 Å². The highest BCUT2D eigenvalue weighted by Gasteiger charge is 2.24. The third-order valence-electron chi connectivity index (χ3n) is 2.40. The number of hydrogen-bond acceptors (Lipinski definition) is 6. The summed E-state index contributed by atoms with van der Waals surface area (Å²) in [6.07, 6.45) is 2.31. The monoisotopic (exact) mass is 433 g/mol. The minimum absolute atomic E-state index is 0.154. The van der Waals surface area contributed by atoms with E-state index in [2.05, 4.69) is 42.8 Å². The van der Waals surface area contributed by atoms with Crippen LogP contribution in [0, 0.1) is 9.39 Å². The molecule has 0 atom stereocenters.